The standard InChI is InChI=1S/C11H18N2/c1-5-10-7-6-8-11(12-10)9(2)13(3)4/h6-9H,5H2,1-4H3/t9-/m0/s1. The van der Waals surface area contributed by atoms with E-state index in [1.165, 1.54) is 5.69 Å². The Kier molecular flexibility index (Phi) is 3.43. The fraction of sp³-hybridized carbons (Fsp3) is 0.545. The van der Waals surface area contributed by atoms with Gasteiger partial charge >= 0.3 is 0 Å². The van der Waals surface area contributed by atoms with Crippen LogP contribution in [0.4, 0.5) is 0 Å². The Bertz CT molecular complexity index is 269. The molecule has 2 nitrogen and oxygen atoms in total. The summed E-state index contributed by atoms with van der Waals surface area (Å²) in [5.41, 5.74) is 2.33. The van der Waals surface area contributed by atoms with Crippen molar-refractivity contribution in [3.8, 4) is 0 Å². The average Bonchev–Trinajstić information content (AvgIpc) is 2.16. The van der Waals surface area contributed by atoms with E-state index in [1.807, 2.05) is 0 Å². The quantitative estimate of drug-likeness (QED) is 0.706. The van der Waals surface area contributed by atoms with Crippen molar-refractivity contribution in [3.63, 3.8) is 0 Å². The number of pyridine rings is 1. The van der Waals surface area contributed by atoms with Crippen molar-refractivity contribution in [2.24, 2.45) is 0 Å². The van der Waals surface area contributed by atoms with E-state index < -0.39 is 0 Å². The molecule has 0 aliphatic carbocycles. The van der Waals surface area contributed by atoms with Gasteiger partial charge in [-0.25, -0.2) is 0 Å². The van der Waals surface area contributed by atoms with Crippen molar-refractivity contribution in [2.45, 2.75) is 26.3 Å². The molecule has 0 unspecified atom stereocenters. The first-order valence-corrected chi connectivity index (χ1v) is 4.77. The minimum absolute atomic E-state index is 0.395. The third-order valence-electron chi connectivity index (χ3n) is 2.39. The molecule has 0 fully saturated rings. The summed E-state index contributed by atoms with van der Waals surface area (Å²) >= 11 is 0. The summed E-state index contributed by atoms with van der Waals surface area (Å²) in [6.45, 7) is 4.30. The zero-order valence-electron chi connectivity index (χ0n) is 8.91. The highest BCUT2D eigenvalue weighted by molar-refractivity contribution is 5.13. The van der Waals surface area contributed by atoms with E-state index in [0.717, 1.165) is 12.1 Å². The third kappa shape index (κ3) is 2.52. The predicted octanol–water partition coefficient (Wildman–Crippen LogP) is 2.27. The summed E-state index contributed by atoms with van der Waals surface area (Å²) in [5.74, 6) is 0. The molecule has 0 saturated heterocycles. The van der Waals surface area contributed by atoms with Crippen LogP contribution in [0.3, 0.4) is 0 Å². The molecule has 0 aliphatic heterocycles. The number of aryl methyl sites for hydroxylation is 1. The highest BCUT2D eigenvalue weighted by Crippen LogP contribution is 2.14. The van der Waals surface area contributed by atoms with E-state index in [9.17, 15) is 0 Å². The van der Waals surface area contributed by atoms with Crippen LogP contribution in [0.15, 0.2) is 18.2 Å². The SMILES string of the molecule is CCc1cccc([C@H](C)N(C)C)n1. The number of rotatable bonds is 3. The minimum atomic E-state index is 0.395. The van der Waals surface area contributed by atoms with Gasteiger partial charge in [0.1, 0.15) is 0 Å². The first kappa shape index (κ1) is 10.2. The van der Waals surface area contributed by atoms with Gasteiger partial charge in [0.25, 0.3) is 0 Å². The van der Waals surface area contributed by atoms with Gasteiger partial charge < -0.3 is 4.90 Å². The zero-order valence-corrected chi connectivity index (χ0v) is 8.91. The Morgan fingerprint density at radius 3 is 2.62 bits per heavy atom. The van der Waals surface area contributed by atoms with Gasteiger partial charge in [-0.05, 0) is 39.6 Å². The maximum absolute atomic E-state index is 4.57. The molecule has 2 heteroatoms. The van der Waals surface area contributed by atoms with Gasteiger partial charge in [0.05, 0.1) is 5.69 Å². The van der Waals surface area contributed by atoms with E-state index in [1.54, 1.807) is 0 Å². The molecule has 0 N–H and O–H groups in total. The van der Waals surface area contributed by atoms with Crippen LogP contribution in [-0.4, -0.2) is 24.0 Å². The van der Waals surface area contributed by atoms with E-state index in [4.69, 9.17) is 0 Å². The van der Waals surface area contributed by atoms with E-state index >= 15 is 0 Å². The van der Waals surface area contributed by atoms with Crippen LogP contribution in [0.2, 0.25) is 0 Å². The Morgan fingerprint density at radius 2 is 2.08 bits per heavy atom. The third-order valence-corrected chi connectivity index (χ3v) is 2.39. The Labute approximate surface area is 80.6 Å². The Balaban J connectivity index is 2.88. The summed E-state index contributed by atoms with van der Waals surface area (Å²) in [4.78, 5) is 6.74. The van der Waals surface area contributed by atoms with Gasteiger partial charge in [-0.3, -0.25) is 4.98 Å². The maximum Gasteiger partial charge on any atom is 0.0575 e. The lowest BCUT2D eigenvalue weighted by Crippen LogP contribution is -2.18. The molecule has 1 rings (SSSR count). The largest absolute Gasteiger partial charge is 0.301 e. The highest BCUT2D eigenvalue weighted by Gasteiger charge is 2.08. The van der Waals surface area contributed by atoms with Crippen LogP contribution in [0.5, 0.6) is 0 Å². The van der Waals surface area contributed by atoms with Crippen molar-refractivity contribution in [2.75, 3.05) is 14.1 Å². The molecular formula is C11H18N2. The normalized spacial score (nSPS) is 13.3. The van der Waals surface area contributed by atoms with Crippen LogP contribution in [0.25, 0.3) is 0 Å². The molecule has 13 heavy (non-hydrogen) atoms. The van der Waals surface area contributed by atoms with Crippen molar-refractivity contribution >= 4 is 0 Å². The van der Waals surface area contributed by atoms with Crippen molar-refractivity contribution in [3.05, 3.63) is 29.6 Å². The monoisotopic (exact) mass is 178 g/mol. The molecule has 0 aromatic carbocycles. The summed E-state index contributed by atoms with van der Waals surface area (Å²) in [5, 5.41) is 0. The van der Waals surface area contributed by atoms with Gasteiger partial charge in [0, 0.05) is 11.7 Å². The molecule has 1 atom stereocenters. The lowest BCUT2D eigenvalue weighted by molar-refractivity contribution is 0.315. The van der Waals surface area contributed by atoms with Gasteiger partial charge in [0.2, 0.25) is 0 Å². The minimum Gasteiger partial charge on any atom is -0.301 e. The van der Waals surface area contributed by atoms with E-state index in [2.05, 4.69) is 56.0 Å². The molecule has 1 heterocycles. The smallest absolute Gasteiger partial charge is 0.0575 e. The molecule has 0 radical (unpaired) electrons. The van der Waals surface area contributed by atoms with Gasteiger partial charge in [-0.15, -0.1) is 0 Å². The first-order chi connectivity index (χ1) is 6.15. The topological polar surface area (TPSA) is 16.1 Å². The summed E-state index contributed by atoms with van der Waals surface area (Å²) in [7, 11) is 4.15. The van der Waals surface area contributed by atoms with Crippen LogP contribution < -0.4 is 0 Å². The first-order valence-electron chi connectivity index (χ1n) is 4.77. The molecule has 72 valence electrons. The lowest BCUT2D eigenvalue weighted by Gasteiger charge is -2.19. The number of hydrogen-bond acceptors (Lipinski definition) is 2. The van der Waals surface area contributed by atoms with Gasteiger partial charge in [-0.2, -0.15) is 0 Å². The molecule has 1 aromatic heterocycles. The number of aromatic nitrogens is 1. The second kappa shape index (κ2) is 4.38. The fourth-order valence-electron chi connectivity index (χ4n) is 1.19. The van der Waals surface area contributed by atoms with Crippen LogP contribution in [0, 0.1) is 0 Å². The number of hydrogen-bond donors (Lipinski definition) is 0. The summed E-state index contributed by atoms with van der Waals surface area (Å²) in [6, 6.07) is 6.64. The lowest BCUT2D eigenvalue weighted by atomic mass is 10.2. The van der Waals surface area contributed by atoms with Crippen molar-refractivity contribution < 1.29 is 0 Å². The van der Waals surface area contributed by atoms with Crippen LogP contribution in [0.1, 0.15) is 31.3 Å². The molecule has 1 aromatic rings. The second-order valence-electron chi connectivity index (χ2n) is 3.55. The van der Waals surface area contributed by atoms with Crippen molar-refractivity contribution in [1.29, 1.82) is 0 Å². The second-order valence-corrected chi connectivity index (χ2v) is 3.55. The van der Waals surface area contributed by atoms with Gasteiger partial charge in [-0.1, -0.05) is 13.0 Å². The van der Waals surface area contributed by atoms with Crippen LogP contribution in [-0.2, 0) is 6.42 Å². The molecular weight excluding hydrogens is 160 g/mol. The Morgan fingerprint density at radius 1 is 1.38 bits per heavy atom. The van der Waals surface area contributed by atoms with Gasteiger partial charge in [0.15, 0.2) is 0 Å². The summed E-state index contributed by atoms with van der Waals surface area (Å²) in [6.07, 6.45) is 1.01. The molecule has 0 aliphatic rings. The van der Waals surface area contributed by atoms with E-state index in [-0.39, 0.29) is 0 Å². The highest BCUT2D eigenvalue weighted by atomic mass is 15.1. The van der Waals surface area contributed by atoms with Crippen LogP contribution >= 0.6 is 0 Å². The molecule has 0 saturated carbocycles. The van der Waals surface area contributed by atoms with Crippen molar-refractivity contribution in [1.82, 2.24) is 9.88 Å². The molecule has 0 bridgehead atoms. The average molecular weight is 178 g/mol. The maximum atomic E-state index is 4.57. The molecule has 0 amide bonds. The van der Waals surface area contributed by atoms with E-state index in [0.29, 0.717) is 6.04 Å². The summed E-state index contributed by atoms with van der Waals surface area (Å²) < 4.78 is 0. The predicted molar refractivity (Wildman–Crippen MR) is 55.7 cm³/mol. The zero-order chi connectivity index (χ0) is 9.84. The fourth-order valence-corrected chi connectivity index (χ4v) is 1.19. The number of nitrogens with zero attached hydrogens (tertiary/aromatic N) is 2. The Hall–Kier alpha value is -0.890. The molecule has 0 spiro atoms.